The van der Waals surface area contributed by atoms with Gasteiger partial charge < -0.3 is 15.2 Å². The van der Waals surface area contributed by atoms with Gasteiger partial charge in [-0.05, 0) is 24.3 Å². The van der Waals surface area contributed by atoms with E-state index in [2.05, 4.69) is 16.2 Å². The zero-order valence-corrected chi connectivity index (χ0v) is 17.7. The average molecular weight is 456 g/mol. The zero-order chi connectivity index (χ0) is 22.1. The normalized spacial score (nSPS) is 10.9. The number of hydrazine groups is 1. The molecule has 0 saturated heterocycles. The van der Waals surface area contributed by atoms with Gasteiger partial charge in [0, 0.05) is 22.8 Å². The number of hydrogen-bond acceptors (Lipinski definition) is 6. The Morgan fingerprint density at radius 1 is 1.10 bits per heavy atom. The van der Waals surface area contributed by atoms with Crippen LogP contribution in [-0.2, 0) is 21.2 Å². The molecule has 2 aromatic rings. The second-order valence-corrected chi connectivity index (χ2v) is 9.03. The highest BCUT2D eigenvalue weighted by Gasteiger charge is 2.14. The molecule has 0 aliphatic carbocycles. The molecule has 0 unspecified atom stereocenters. The number of anilines is 1. The number of halogens is 1. The minimum Gasteiger partial charge on any atom is -0.455 e. The molecule has 3 amide bonds. The third-order valence-electron chi connectivity index (χ3n) is 3.95. The van der Waals surface area contributed by atoms with Crippen LogP contribution in [0.1, 0.15) is 18.9 Å². The standard InChI is InChI=1S/C19H22ClN3O6S/c1-2-30(27,28)10-9-18(25)22-23-19(26)21-15-11-14(20)7-8-17(15)29-16-6-4-3-5-13(16)12-24/h3-8,11,24H,2,9-10,12H2,1H3,(H,22,25)(H2,21,23,26). The van der Waals surface area contributed by atoms with Gasteiger partial charge in [-0.1, -0.05) is 36.7 Å². The van der Waals surface area contributed by atoms with Gasteiger partial charge in [0.05, 0.1) is 18.0 Å². The van der Waals surface area contributed by atoms with Gasteiger partial charge in [-0.3, -0.25) is 10.2 Å². The van der Waals surface area contributed by atoms with Gasteiger partial charge in [-0.15, -0.1) is 0 Å². The van der Waals surface area contributed by atoms with Crippen LogP contribution in [0, 0.1) is 0 Å². The molecule has 0 radical (unpaired) electrons. The van der Waals surface area contributed by atoms with Crippen LogP contribution in [0.5, 0.6) is 11.5 Å². The Morgan fingerprint density at radius 2 is 1.83 bits per heavy atom. The van der Waals surface area contributed by atoms with Crippen LogP contribution in [0.4, 0.5) is 10.5 Å². The van der Waals surface area contributed by atoms with E-state index in [0.717, 1.165) is 0 Å². The van der Waals surface area contributed by atoms with Crippen molar-refractivity contribution in [2.45, 2.75) is 20.0 Å². The van der Waals surface area contributed by atoms with E-state index in [1.807, 2.05) is 0 Å². The maximum atomic E-state index is 12.1. The number of benzene rings is 2. The van der Waals surface area contributed by atoms with Crippen molar-refractivity contribution in [3.05, 3.63) is 53.1 Å². The Hall–Kier alpha value is -2.82. The van der Waals surface area contributed by atoms with Gasteiger partial charge in [-0.2, -0.15) is 0 Å². The number of carbonyl (C=O) groups excluding carboxylic acids is 2. The Bertz CT molecular complexity index is 1010. The van der Waals surface area contributed by atoms with Gasteiger partial charge in [0.1, 0.15) is 5.75 Å². The van der Waals surface area contributed by atoms with Crippen molar-refractivity contribution in [2.24, 2.45) is 0 Å². The number of ether oxygens (including phenoxy) is 1. The molecule has 162 valence electrons. The molecule has 2 aromatic carbocycles. The Kier molecular flexibility index (Phi) is 8.46. The maximum absolute atomic E-state index is 12.1. The smallest absolute Gasteiger partial charge is 0.338 e. The topological polar surface area (TPSA) is 134 Å². The molecule has 0 aliphatic rings. The Balaban J connectivity index is 2.01. The summed E-state index contributed by atoms with van der Waals surface area (Å²) in [6, 6.07) is 10.6. The molecule has 0 aliphatic heterocycles. The van der Waals surface area contributed by atoms with E-state index in [-0.39, 0.29) is 36.0 Å². The first-order valence-corrected chi connectivity index (χ1v) is 11.2. The van der Waals surface area contributed by atoms with Crippen molar-refractivity contribution in [3.63, 3.8) is 0 Å². The molecule has 0 fully saturated rings. The minimum atomic E-state index is -3.29. The number of hydrogen-bond donors (Lipinski definition) is 4. The van der Waals surface area contributed by atoms with Crippen LogP contribution in [0.25, 0.3) is 0 Å². The predicted molar refractivity (Wildman–Crippen MR) is 113 cm³/mol. The summed E-state index contributed by atoms with van der Waals surface area (Å²) in [5.41, 5.74) is 5.04. The van der Waals surface area contributed by atoms with Crippen LogP contribution in [-0.4, -0.2) is 37.0 Å². The number of aliphatic hydroxyl groups is 1. The van der Waals surface area contributed by atoms with Crippen LogP contribution in [0.2, 0.25) is 5.02 Å². The zero-order valence-electron chi connectivity index (χ0n) is 16.1. The minimum absolute atomic E-state index is 0.0643. The third-order valence-corrected chi connectivity index (χ3v) is 5.89. The lowest BCUT2D eigenvalue weighted by molar-refractivity contribution is -0.121. The van der Waals surface area contributed by atoms with Gasteiger partial charge in [-0.25, -0.2) is 18.6 Å². The molecule has 0 saturated carbocycles. The van der Waals surface area contributed by atoms with E-state index in [1.54, 1.807) is 36.4 Å². The highest BCUT2D eigenvalue weighted by Crippen LogP contribution is 2.33. The highest BCUT2D eigenvalue weighted by molar-refractivity contribution is 7.91. The van der Waals surface area contributed by atoms with Crippen LogP contribution in [0.3, 0.4) is 0 Å². The maximum Gasteiger partial charge on any atom is 0.338 e. The van der Waals surface area contributed by atoms with Gasteiger partial charge in [0.15, 0.2) is 15.6 Å². The monoisotopic (exact) mass is 455 g/mol. The van der Waals surface area contributed by atoms with Crippen LogP contribution < -0.4 is 20.9 Å². The molecule has 0 spiro atoms. The fraction of sp³-hybridized carbons (Fsp3) is 0.263. The van der Waals surface area contributed by atoms with Crippen molar-refractivity contribution < 1.29 is 27.9 Å². The van der Waals surface area contributed by atoms with E-state index in [9.17, 15) is 23.1 Å². The second-order valence-electron chi connectivity index (χ2n) is 6.12. The molecule has 0 heterocycles. The van der Waals surface area contributed by atoms with Crippen LogP contribution in [0.15, 0.2) is 42.5 Å². The number of rotatable bonds is 8. The van der Waals surface area contributed by atoms with Gasteiger partial charge in [0.2, 0.25) is 5.91 Å². The number of amides is 3. The number of aliphatic hydroxyl groups excluding tert-OH is 1. The first-order chi connectivity index (χ1) is 14.2. The van der Waals surface area contributed by atoms with Crippen LogP contribution >= 0.6 is 11.6 Å². The van der Waals surface area contributed by atoms with Gasteiger partial charge in [0.25, 0.3) is 0 Å². The van der Waals surface area contributed by atoms with E-state index in [1.165, 1.54) is 13.0 Å². The van der Waals surface area contributed by atoms with Gasteiger partial charge >= 0.3 is 6.03 Å². The molecule has 0 aromatic heterocycles. The molecular weight excluding hydrogens is 434 g/mol. The number of sulfone groups is 1. The summed E-state index contributed by atoms with van der Waals surface area (Å²) in [6.45, 7) is 1.26. The summed E-state index contributed by atoms with van der Waals surface area (Å²) >= 11 is 5.99. The predicted octanol–water partition coefficient (Wildman–Crippen LogP) is 2.60. The quantitative estimate of drug-likeness (QED) is 0.452. The second kappa shape index (κ2) is 10.8. The van der Waals surface area contributed by atoms with E-state index < -0.39 is 21.8 Å². The fourth-order valence-electron chi connectivity index (χ4n) is 2.28. The number of urea groups is 1. The van der Waals surface area contributed by atoms with Crippen molar-refractivity contribution in [1.29, 1.82) is 0 Å². The summed E-state index contributed by atoms with van der Waals surface area (Å²) < 4.78 is 28.6. The number of para-hydroxylation sites is 1. The third kappa shape index (κ3) is 7.21. The number of nitrogens with one attached hydrogen (secondary N) is 3. The van der Waals surface area contributed by atoms with Crippen molar-refractivity contribution >= 4 is 39.1 Å². The summed E-state index contributed by atoms with van der Waals surface area (Å²) in [5.74, 6) is -0.367. The van der Waals surface area contributed by atoms with Crippen molar-refractivity contribution in [3.8, 4) is 11.5 Å². The molecule has 0 atom stereocenters. The largest absolute Gasteiger partial charge is 0.455 e. The first kappa shape index (κ1) is 23.5. The summed E-state index contributed by atoms with van der Waals surface area (Å²) in [7, 11) is -3.29. The molecule has 9 nitrogen and oxygen atoms in total. The van der Waals surface area contributed by atoms with Crippen molar-refractivity contribution in [2.75, 3.05) is 16.8 Å². The lowest BCUT2D eigenvalue weighted by Gasteiger charge is -2.15. The number of carbonyl (C=O) groups is 2. The molecule has 2 rings (SSSR count). The first-order valence-electron chi connectivity index (χ1n) is 8.96. The molecule has 30 heavy (non-hydrogen) atoms. The fourth-order valence-corrected chi connectivity index (χ4v) is 3.23. The molecular formula is C19H22ClN3O6S. The lowest BCUT2D eigenvalue weighted by atomic mass is 10.2. The van der Waals surface area contributed by atoms with E-state index in [0.29, 0.717) is 16.3 Å². The summed E-state index contributed by atoms with van der Waals surface area (Å²) in [4.78, 5) is 23.8. The lowest BCUT2D eigenvalue weighted by Crippen LogP contribution is -2.44. The highest BCUT2D eigenvalue weighted by atomic mass is 35.5. The summed E-state index contributed by atoms with van der Waals surface area (Å²) in [6.07, 6.45) is -0.278. The average Bonchev–Trinajstić information content (AvgIpc) is 2.73. The summed E-state index contributed by atoms with van der Waals surface area (Å²) in [5, 5.41) is 12.3. The molecule has 0 bridgehead atoms. The van der Waals surface area contributed by atoms with E-state index >= 15 is 0 Å². The van der Waals surface area contributed by atoms with Crippen molar-refractivity contribution in [1.82, 2.24) is 10.9 Å². The Labute approximate surface area is 179 Å². The Morgan fingerprint density at radius 3 is 2.53 bits per heavy atom. The van der Waals surface area contributed by atoms with E-state index in [4.69, 9.17) is 16.3 Å². The molecule has 11 heteroatoms. The molecule has 4 N–H and O–H groups in total. The SMILES string of the molecule is CCS(=O)(=O)CCC(=O)NNC(=O)Nc1cc(Cl)ccc1Oc1ccccc1CO.